The molecule has 194 valence electrons. The first kappa shape index (κ1) is 27.9. The Bertz CT molecular complexity index is 1030. The van der Waals surface area contributed by atoms with Gasteiger partial charge in [0.1, 0.15) is 17.1 Å². The smallest absolute Gasteiger partial charge is 0.192 e. The monoisotopic (exact) mass is 507 g/mol. The molecule has 0 bridgehead atoms. The van der Waals surface area contributed by atoms with E-state index in [0.717, 1.165) is 28.2 Å². The van der Waals surface area contributed by atoms with Gasteiger partial charge in [0.25, 0.3) is 0 Å². The van der Waals surface area contributed by atoms with Crippen LogP contribution >= 0.6 is 0 Å². The first-order valence-electron chi connectivity index (χ1n) is 12.4. The molecule has 6 heteroatoms. The molecule has 0 saturated heterocycles. The van der Waals surface area contributed by atoms with Gasteiger partial charge in [-0.3, -0.25) is 0 Å². The second kappa shape index (κ2) is 11.6. The average molecular weight is 508 g/mol. The van der Waals surface area contributed by atoms with Crippen molar-refractivity contribution in [2.24, 2.45) is 5.73 Å². The molecule has 0 spiro atoms. The molecule has 5 nitrogen and oxygen atoms in total. The highest BCUT2D eigenvalue weighted by atomic mass is 28.4. The summed E-state index contributed by atoms with van der Waals surface area (Å²) in [4.78, 5) is 0. The molecule has 0 unspecified atom stereocenters. The number of hydrogen-bond acceptors (Lipinski definition) is 5. The molecule has 0 saturated carbocycles. The van der Waals surface area contributed by atoms with Crippen molar-refractivity contribution in [1.29, 1.82) is 0 Å². The van der Waals surface area contributed by atoms with Crippen LogP contribution in [0.4, 0.5) is 0 Å². The van der Waals surface area contributed by atoms with E-state index in [1.807, 2.05) is 42.5 Å². The van der Waals surface area contributed by atoms with E-state index in [-0.39, 0.29) is 11.1 Å². The topological polar surface area (TPSA) is 62.9 Å². The van der Waals surface area contributed by atoms with Crippen LogP contribution in [0.15, 0.2) is 78.9 Å². The first-order chi connectivity index (χ1) is 17.1. The summed E-state index contributed by atoms with van der Waals surface area (Å²) in [5.41, 5.74) is 8.34. The maximum absolute atomic E-state index is 6.98. The highest BCUT2D eigenvalue weighted by molar-refractivity contribution is 6.74. The molecule has 0 heterocycles. The highest BCUT2D eigenvalue weighted by Gasteiger charge is 2.41. The van der Waals surface area contributed by atoms with Crippen LogP contribution in [-0.2, 0) is 14.8 Å². The van der Waals surface area contributed by atoms with Gasteiger partial charge in [0.15, 0.2) is 8.32 Å². The minimum Gasteiger partial charge on any atom is -0.497 e. The quantitative estimate of drug-likeness (QED) is 0.242. The summed E-state index contributed by atoms with van der Waals surface area (Å²) in [7, 11) is 1.30. The van der Waals surface area contributed by atoms with Crippen molar-refractivity contribution in [2.45, 2.75) is 50.6 Å². The van der Waals surface area contributed by atoms with Crippen LogP contribution in [0.3, 0.4) is 0 Å². The van der Waals surface area contributed by atoms with Gasteiger partial charge in [-0.15, -0.1) is 0 Å². The van der Waals surface area contributed by atoms with E-state index in [9.17, 15) is 0 Å². The van der Waals surface area contributed by atoms with Gasteiger partial charge in [0.2, 0.25) is 0 Å². The Balaban J connectivity index is 2.12. The summed E-state index contributed by atoms with van der Waals surface area (Å²) in [5.74, 6) is 1.58. The van der Waals surface area contributed by atoms with Gasteiger partial charge in [-0.25, -0.2) is 0 Å². The predicted molar refractivity (Wildman–Crippen MR) is 149 cm³/mol. The molecule has 0 aliphatic carbocycles. The predicted octanol–water partition coefficient (Wildman–Crippen LogP) is 6.36. The minimum absolute atomic E-state index is 0.0723. The Morgan fingerprint density at radius 3 is 1.56 bits per heavy atom. The van der Waals surface area contributed by atoms with Gasteiger partial charge < -0.3 is 24.4 Å². The zero-order valence-corrected chi connectivity index (χ0v) is 23.7. The molecule has 0 amide bonds. The minimum atomic E-state index is -2.04. The van der Waals surface area contributed by atoms with Crippen molar-refractivity contribution in [2.75, 3.05) is 27.4 Å². The molecule has 36 heavy (non-hydrogen) atoms. The van der Waals surface area contributed by atoms with E-state index in [2.05, 4.69) is 70.3 Å². The number of benzene rings is 3. The summed E-state index contributed by atoms with van der Waals surface area (Å²) >= 11 is 0. The molecule has 2 N–H and O–H groups in total. The highest BCUT2D eigenvalue weighted by Crippen LogP contribution is 2.42. The van der Waals surface area contributed by atoms with Gasteiger partial charge in [0, 0.05) is 6.54 Å². The summed E-state index contributed by atoms with van der Waals surface area (Å²) in [5, 5.41) is 0.0723. The molecule has 0 aliphatic heterocycles. The van der Waals surface area contributed by atoms with Crippen LogP contribution in [0.2, 0.25) is 18.1 Å². The van der Waals surface area contributed by atoms with E-state index < -0.39 is 13.9 Å². The van der Waals surface area contributed by atoms with Crippen LogP contribution in [0.25, 0.3) is 0 Å². The Morgan fingerprint density at radius 2 is 1.17 bits per heavy atom. The summed E-state index contributed by atoms with van der Waals surface area (Å²) in [6, 6.07) is 26.4. The van der Waals surface area contributed by atoms with E-state index in [1.54, 1.807) is 14.2 Å². The fraction of sp³-hybridized carbons (Fsp3) is 0.400. The zero-order chi connectivity index (χ0) is 26.4. The summed E-state index contributed by atoms with van der Waals surface area (Å²) < 4.78 is 24.5. The van der Waals surface area contributed by atoms with Crippen molar-refractivity contribution in [3.8, 4) is 11.5 Å². The maximum Gasteiger partial charge on any atom is 0.192 e. The van der Waals surface area contributed by atoms with Crippen molar-refractivity contribution in [3.05, 3.63) is 95.6 Å². The fourth-order valence-corrected chi connectivity index (χ4v) is 5.39. The Morgan fingerprint density at radius 1 is 0.722 bits per heavy atom. The maximum atomic E-state index is 6.98. The Kier molecular flexibility index (Phi) is 9.01. The van der Waals surface area contributed by atoms with Gasteiger partial charge in [-0.1, -0.05) is 75.4 Å². The standard InChI is InChI=1S/C30H41NO4Si/c1-29(2,3)36(6,7)35-28(21-31)22-34-30(23-11-9-8-10-12-23,24-13-17-26(32-4)18-14-24)25-15-19-27(33-5)20-16-25/h8-20,28H,21-22,31H2,1-7H3/t28-/m1/s1. The Labute approximate surface area is 217 Å². The molecule has 3 aromatic carbocycles. The van der Waals surface area contributed by atoms with Crippen LogP contribution in [0.1, 0.15) is 37.5 Å². The van der Waals surface area contributed by atoms with Crippen molar-refractivity contribution in [1.82, 2.24) is 0 Å². The molecule has 3 aromatic rings. The number of rotatable bonds is 11. The number of nitrogens with two attached hydrogens (primary N) is 1. The van der Waals surface area contributed by atoms with Crippen LogP contribution in [0.5, 0.6) is 11.5 Å². The SMILES string of the molecule is COc1ccc(C(OC[C@@H](CN)O[Si](C)(C)C(C)(C)C)(c2ccccc2)c2ccc(OC)cc2)cc1. The first-order valence-corrected chi connectivity index (χ1v) is 15.3. The molecule has 1 atom stereocenters. The lowest BCUT2D eigenvalue weighted by Gasteiger charge is -2.41. The second-order valence-electron chi connectivity index (χ2n) is 10.6. The van der Waals surface area contributed by atoms with Crippen molar-refractivity contribution in [3.63, 3.8) is 0 Å². The summed E-state index contributed by atoms with van der Waals surface area (Å²) in [6.07, 6.45) is -0.231. The van der Waals surface area contributed by atoms with Crippen molar-refractivity contribution >= 4 is 8.32 Å². The van der Waals surface area contributed by atoms with Crippen LogP contribution in [-0.4, -0.2) is 41.8 Å². The fourth-order valence-electron chi connectivity index (χ4n) is 4.04. The Hall–Kier alpha value is -2.64. The molecule has 3 rings (SSSR count). The lowest BCUT2D eigenvalue weighted by molar-refractivity contribution is -0.0313. The van der Waals surface area contributed by atoms with E-state index in [0.29, 0.717) is 13.2 Å². The van der Waals surface area contributed by atoms with E-state index in [4.69, 9.17) is 24.4 Å². The second-order valence-corrected chi connectivity index (χ2v) is 15.3. The lowest BCUT2D eigenvalue weighted by Crippen LogP contribution is -2.48. The molecule has 0 aromatic heterocycles. The third-order valence-electron chi connectivity index (χ3n) is 7.19. The van der Waals surface area contributed by atoms with Crippen molar-refractivity contribution < 1.29 is 18.6 Å². The largest absolute Gasteiger partial charge is 0.497 e. The van der Waals surface area contributed by atoms with Gasteiger partial charge in [-0.2, -0.15) is 0 Å². The third kappa shape index (κ3) is 6.01. The molecular formula is C30H41NO4Si. The van der Waals surface area contributed by atoms with Crippen LogP contribution in [0, 0.1) is 0 Å². The molecule has 0 radical (unpaired) electrons. The van der Waals surface area contributed by atoms with Crippen LogP contribution < -0.4 is 15.2 Å². The molecule has 0 aliphatic rings. The van der Waals surface area contributed by atoms with Gasteiger partial charge in [-0.05, 0) is 59.1 Å². The number of hydrogen-bond donors (Lipinski definition) is 1. The van der Waals surface area contributed by atoms with E-state index >= 15 is 0 Å². The van der Waals surface area contributed by atoms with E-state index in [1.165, 1.54) is 0 Å². The number of methoxy groups -OCH3 is 2. The zero-order valence-electron chi connectivity index (χ0n) is 22.7. The third-order valence-corrected chi connectivity index (χ3v) is 11.7. The lowest BCUT2D eigenvalue weighted by atomic mass is 9.80. The number of ether oxygens (including phenoxy) is 3. The van der Waals surface area contributed by atoms with Gasteiger partial charge >= 0.3 is 0 Å². The average Bonchev–Trinajstić information content (AvgIpc) is 2.88. The summed E-state index contributed by atoms with van der Waals surface area (Å²) in [6.45, 7) is 11.9. The normalized spacial score (nSPS) is 13.3. The molecule has 0 fully saturated rings. The van der Waals surface area contributed by atoms with Gasteiger partial charge in [0.05, 0.1) is 26.9 Å². The molecular weight excluding hydrogens is 466 g/mol.